The predicted molar refractivity (Wildman–Crippen MR) is 75.0 cm³/mol. The van der Waals surface area contributed by atoms with Gasteiger partial charge in [0, 0.05) is 44.8 Å². The predicted octanol–water partition coefficient (Wildman–Crippen LogP) is 0.682. The molecular formula is C13H19N7. The Morgan fingerprint density at radius 3 is 2.95 bits per heavy atom. The van der Waals surface area contributed by atoms with Gasteiger partial charge in [-0.15, -0.1) is 5.10 Å². The van der Waals surface area contributed by atoms with E-state index in [4.69, 9.17) is 0 Å². The van der Waals surface area contributed by atoms with Crippen LogP contribution in [0.5, 0.6) is 0 Å². The fourth-order valence-corrected chi connectivity index (χ4v) is 2.57. The van der Waals surface area contributed by atoms with Crippen molar-refractivity contribution >= 4 is 5.95 Å². The Kier molecular flexibility index (Phi) is 3.87. The maximum Gasteiger partial charge on any atom is 0.222 e. The second-order valence-electron chi connectivity index (χ2n) is 5.17. The van der Waals surface area contributed by atoms with E-state index in [1.54, 1.807) is 17.1 Å². The standard InChI is InChI=1S/C13H19N7/c1-19-8-12(17-18-19)10-20-7-2-4-11(9-20)16-13-14-5-3-6-15-13/h3,5-6,8,11H,2,4,7,9-10H2,1H3,(H,14,15,16). The van der Waals surface area contributed by atoms with Crippen LogP contribution >= 0.6 is 0 Å². The first-order chi connectivity index (χ1) is 9.79. The molecule has 20 heavy (non-hydrogen) atoms. The largest absolute Gasteiger partial charge is 0.350 e. The van der Waals surface area contributed by atoms with Crippen LogP contribution in [0.4, 0.5) is 5.95 Å². The topological polar surface area (TPSA) is 71.8 Å². The summed E-state index contributed by atoms with van der Waals surface area (Å²) in [6, 6.07) is 2.22. The Balaban J connectivity index is 1.56. The number of piperidine rings is 1. The third-order valence-corrected chi connectivity index (χ3v) is 3.44. The van der Waals surface area contributed by atoms with Gasteiger partial charge < -0.3 is 5.32 Å². The van der Waals surface area contributed by atoms with Gasteiger partial charge in [0.15, 0.2) is 0 Å². The molecule has 3 heterocycles. The van der Waals surface area contributed by atoms with Gasteiger partial charge >= 0.3 is 0 Å². The molecule has 0 aromatic carbocycles. The van der Waals surface area contributed by atoms with E-state index in [1.165, 1.54) is 6.42 Å². The minimum atomic E-state index is 0.392. The van der Waals surface area contributed by atoms with Crippen molar-refractivity contribution in [2.24, 2.45) is 7.05 Å². The summed E-state index contributed by atoms with van der Waals surface area (Å²) in [4.78, 5) is 10.8. The molecule has 0 spiro atoms. The highest BCUT2D eigenvalue weighted by molar-refractivity contribution is 5.24. The highest BCUT2D eigenvalue weighted by atomic mass is 15.4. The summed E-state index contributed by atoms with van der Waals surface area (Å²) in [7, 11) is 1.89. The molecule has 1 aliphatic heterocycles. The maximum absolute atomic E-state index is 4.22. The molecule has 1 unspecified atom stereocenters. The molecule has 0 saturated carbocycles. The second kappa shape index (κ2) is 5.96. The lowest BCUT2D eigenvalue weighted by molar-refractivity contribution is 0.206. The monoisotopic (exact) mass is 273 g/mol. The molecule has 2 aromatic heterocycles. The number of aryl methyl sites for hydroxylation is 1. The number of nitrogens with one attached hydrogen (secondary N) is 1. The zero-order valence-corrected chi connectivity index (χ0v) is 11.6. The maximum atomic E-state index is 4.22. The molecule has 1 saturated heterocycles. The Morgan fingerprint density at radius 1 is 1.35 bits per heavy atom. The average Bonchev–Trinajstić information content (AvgIpc) is 2.86. The number of rotatable bonds is 4. The number of hydrogen-bond donors (Lipinski definition) is 1. The molecule has 0 bridgehead atoms. The van der Waals surface area contributed by atoms with Crippen molar-refractivity contribution in [3.63, 3.8) is 0 Å². The van der Waals surface area contributed by atoms with Crippen LogP contribution in [0.2, 0.25) is 0 Å². The molecule has 1 atom stereocenters. The fraction of sp³-hybridized carbons (Fsp3) is 0.538. The lowest BCUT2D eigenvalue weighted by atomic mass is 10.1. The second-order valence-corrected chi connectivity index (χ2v) is 5.17. The highest BCUT2D eigenvalue weighted by Gasteiger charge is 2.21. The third-order valence-electron chi connectivity index (χ3n) is 3.44. The van der Waals surface area contributed by atoms with Crippen molar-refractivity contribution in [2.45, 2.75) is 25.4 Å². The van der Waals surface area contributed by atoms with Gasteiger partial charge in [-0.1, -0.05) is 5.21 Å². The number of aromatic nitrogens is 5. The van der Waals surface area contributed by atoms with E-state index in [0.717, 1.165) is 31.7 Å². The number of hydrogen-bond acceptors (Lipinski definition) is 6. The van der Waals surface area contributed by atoms with Crippen LogP contribution in [0.1, 0.15) is 18.5 Å². The summed E-state index contributed by atoms with van der Waals surface area (Å²) >= 11 is 0. The lowest BCUT2D eigenvalue weighted by Gasteiger charge is -2.32. The smallest absolute Gasteiger partial charge is 0.222 e. The van der Waals surface area contributed by atoms with Crippen molar-refractivity contribution in [3.05, 3.63) is 30.4 Å². The van der Waals surface area contributed by atoms with Crippen LogP contribution in [0.25, 0.3) is 0 Å². The van der Waals surface area contributed by atoms with Gasteiger partial charge in [-0.2, -0.15) is 0 Å². The number of anilines is 1. The van der Waals surface area contributed by atoms with Gasteiger partial charge in [-0.05, 0) is 25.5 Å². The molecule has 0 amide bonds. The van der Waals surface area contributed by atoms with Crippen molar-refractivity contribution in [1.82, 2.24) is 29.9 Å². The van der Waals surface area contributed by atoms with Gasteiger partial charge in [0.05, 0.1) is 5.69 Å². The van der Waals surface area contributed by atoms with Crippen LogP contribution in [-0.4, -0.2) is 49.0 Å². The Hall–Kier alpha value is -2.02. The summed E-state index contributed by atoms with van der Waals surface area (Å²) in [6.45, 7) is 2.93. The normalized spacial score (nSPS) is 19.9. The zero-order chi connectivity index (χ0) is 13.8. The molecular weight excluding hydrogens is 254 g/mol. The molecule has 7 nitrogen and oxygen atoms in total. The molecule has 1 fully saturated rings. The molecule has 0 radical (unpaired) electrons. The van der Waals surface area contributed by atoms with E-state index in [0.29, 0.717) is 12.0 Å². The molecule has 0 aliphatic carbocycles. The quantitative estimate of drug-likeness (QED) is 0.883. The van der Waals surface area contributed by atoms with E-state index in [1.807, 2.05) is 19.3 Å². The van der Waals surface area contributed by atoms with Crippen molar-refractivity contribution in [1.29, 1.82) is 0 Å². The highest BCUT2D eigenvalue weighted by Crippen LogP contribution is 2.15. The van der Waals surface area contributed by atoms with E-state index < -0.39 is 0 Å². The first kappa shape index (κ1) is 13.0. The molecule has 3 rings (SSSR count). The van der Waals surface area contributed by atoms with Gasteiger partial charge in [-0.3, -0.25) is 9.58 Å². The molecule has 1 aliphatic rings. The Morgan fingerprint density at radius 2 is 2.20 bits per heavy atom. The summed E-state index contributed by atoms with van der Waals surface area (Å²) in [6.07, 6.45) is 7.81. The molecule has 7 heteroatoms. The van der Waals surface area contributed by atoms with E-state index in [-0.39, 0.29) is 0 Å². The summed E-state index contributed by atoms with van der Waals surface area (Å²) in [5.74, 6) is 0.707. The fourth-order valence-electron chi connectivity index (χ4n) is 2.57. The van der Waals surface area contributed by atoms with Gasteiger partial charge in [0.2, 0.25) is 5.95 Å². The zero-order valence-electron chi connectivity index (χ0n) is 11.6. The van der Waals surface area contributed by atoms with Crippen molar-refractivity contribution in [2.75, 3.05) is 18.4 Å². The van der Waals surface area contributed by atoms with Gasteiger partial charge in [0.25, 0.3) is 0 Å². The van der Waals surface area contributed by atoms with E-state index in [2.05, 4.69) is 30.5 Å². The van der Waals surface area contributed by atoms with Crippen molar-refractivity contribution < 1.29 is 0 Å². The van der Waals surface area contributed by atoms with Crippen LogP contribution in [0.15, 0.2) is 24.7 Å². The lowest BCUT2D eigenvalue weighted by Crippen LogP contribution is -2.41. The van der Waals surface area contributed by atoms with Crippen molar-refractivity contribution in [3.8, 4) is 0 Å². The minimum Gasteiger partial charge on any atom is -0.350 e. The Labute approximate surface area is 118 Å². The van der Waals surface area contributed by atoms with Gasteiger partial charge in [0.1, 0.15) is 0 Å². The molecule has 1 N–H and O–H groups in total. The van der Waals surface area contributed by atoms with Crippen LogP contribution in [0.3, 0.4) is 0 Å². The SMILES string of the molecule is Cn1cc(CN2CCCC(Nc3ncccn3)C2)nn1. The minimum absolute atomic E-state index is 0.392. The number of likely N-dealkylation sites (tertiary alicyclic amines) is 1. The van der Waals surface area contributed by atoms with Gasteiger partial charge in [-0.25, -0.2) is 9.97 Å². The number of nitrogens with zero attached hydrogens (tertiary/aromatic N) is 6. The van der Waals surface area contributed by atoms with Crippen LogP contribution < -0.4 is 5.32 Å². The van der Waals surface area contributed by atoms with E-state index in [9.17, 15) is 0 Å². The van der Waals surface area contributed by atoms with E-state index >= 15 is 0 Å². The summed E-state index contributed by atoms with van der Waals surface area (Å²) in [5, 5.41) is 11.5. The van der Waals surface area contributed by atoms with Crippen LogP contribution in [0, 0.1) is 0 Å². The summed E-state index contributed by atoms with van der Waals surface area (Å²) < 4.78 is 1.74. The Bertz CT molecular complexity index is 539. The summed E-state index contributed by atoms with van der Waals surface area (Å²) in [5.41, 5.74) is 1.02. The first-order valence-corrected chi connectivity index (χ1v) is 6.91. The molecule has 106 valence electrons. The average molecular weight is 273 g/mol. The molecule has 2 aromatic rings. The first-order valence-electron chi connectivity index (χ1n) is 6.91. The third kappa shape index (κ3) is 3.30. The van der Waals surface area contributed by atoms with Crippen LogP contribution in [-0.2, 0) is 13.6 Å².